The monoisotopic (exact) mass is 391 g/mol. The summed E-state index contributed by atoms with van der Waals surface area (Å²) in [6, 6.07) is 7.91. The molecule has 138 valence electrons. The highest BCUT2D eigenvalue weighted by Crippen LogP contribution is 2.26. The maximum absolute atomic E-state index is 11.4. The van der Waals surface area contributed by atoms with E-state index in [1.165, 1.54) is 11.3 Å². The number of fused-ring (bicyclic) bond motifs is 1. The Morgan fingerprint density at radius 1 is 1.39 bits per heavy atom. The van der Waals surface area contributed by atoms with E-state index in [0.29, 0.717) is 26.9 Å². The number of aromatic nitrogens is 5. The SMILES string of the molecule is N#Cc1ccc(-c2cc(=NC3CC3)n3nc/c(=C\c4[nH]c(=O)[nH]c4O)c3n2)s1. The number of imidazole rings is 1. The lowest BCUT2D eigenvalue weighted by Gasteiger charge is -2.00. The molecule has 1 saturated carbocycles. The van der Waals surface area contributed by atoms with Gasteiger partial charge in [0.25, 0.3) is 0 Å². The van der Waals surface area contributed by atoms with Crippen molar-refractivity contribution in [2.45, 2.75) is 18.9 Å². The van der Waals surface area contributed by atoms with Gasteiger partial charge in [-0.15, -0.1) is 11.3 Å². The van der Waals surface area contributed by atoms with Crippen molar-refractivity contribution in [1.29, 1.82) is 5.26 Å². The van der Waals surface area contributed by atoms with Crippen LogP contribution >= 0.6 is 11.3 Å². The number of nitriles is 1. The summed E-state index contributed by atoms with van der Waals surface area (Å²) in [5, 5.41) is 23.9. The Morgan fingerprint density at radius 2 is 2.25 bits per heavy atom. The first-order valence-corrected chi connectivity index (χ1v) is 9.38. The van der Waals surface area contributed by atoms with Crippen molar-refractivity contribution in [3.63, 3.8) is 0 Å². The van der Waals surface area contributed by atoms with Gasteiger partial charge < -0.3 is 10.1 Å². The molecule has 1 aliphatic rings. The molecular weight excluding hydrogens is 378 g/mol. The Labute approximate surface area is 161 Å². The maximum atomic E-state index is 11.4. The molecular formula is C18H13N7O2S. The molecule has 0 unspecified atom stereocenters. The molecule has 10 heteroatoms. The third kappa shape index (κ3) is 2.87. The summed E-state index contributed by atoms with van der Waals surface area (Å²) in [5.41, 5.74) is 1.67. The zero-order valence-electron chi connectivity index (χ0n) is 14.4. The first kappa shape index (κ1) is 16.5. The van der Waals surface area contributed by atoms with Crippen molar-refractivity contribution in [1.82, 2.24) is 24.6 Å². The summed E-state index contributed by atoms with van der Waals surface area (Å²) in [7, 11) is 0. The number of thiophene rings is 1. The van der Waals surface area contributed by atoms with Crippen LogP contribution in [0.4, 0.5) is 0 Å². The van der Waals surface area contributed by atoms with Crippen molar-refractivity contribution in [2.24, 2.45) is 4.99 Å². The molecule has 0 spiro atoms. The van der Waals surface area contributed by atoms with Crippen LogP contribution in [0.2, 0.25) is 0 Å². The fraction of sp³-hybridized carbons (Fsp3) is 0.167. The van der Waals surface area contributed by atoms with Gasteiger partial charge in [-0.25, -0.2) is 9.78 Å². The normalized spacial score (nSPS) is 15.4. The van der Waals surface area contributed by atoms with Gasteiger partial charge in [0.1, 0.15) is 16.6 Å². The summed E-state index contributed by atoms with van der Waals surface area (Å²) in [6.45, 7) is 0. The van der Waals surface area contributed by atoms with Gasteiger partial charge in [0.05, 0.1) is 22.8 Å². The number of aromatic amines is 2. The topological polar surface area (TPSA) is 135 Å². The number of nitrogens with zero attached hydrogens (tertiary/aromatic N) is 5. The predicted octanol–water partition coefficient (Wildman–Crippen LogP) is 0.662. The van der Waals surface area contributed by atoms with E-state index >= 15 is 0 Å². The molecule has 1 fully saturated rings. The van der Waals surface area contributed by atoms with E-state index in [9.17, 15) is 9.90 Å². The average molecular weight is 391 g/mol. The number of H-pyrrole nitrogens is 2. The molecule has 4 aromatic rings. The standard InChI is InChI=1S/C18H13N7O2S/c19-7-11-3-4-14(28-11)12-6-15(21-10-1-2-10)25-16(22-12)9(8-20-25)5-13-17(26)24-18(27)23-13/h3-6,8,10,26H,1-2H2,(H2,23,24,27)/b9-5+,21-15?. The third-order valence-corrected chi connectivity index (χ3v) is 5.36. The molecule has 3 N–H and O–H groups in total. The summed E-state index contributed by atoms with van der Waals surface area (Å²) >= 11 is 1.36. The maximum Gasteiger partial charge on any atom is 0.326 e. The number of hydrogen-bond acceptors (Lipinski definition) is 7. The highest BCUT2D eigenvalue weighted by molar-refractivity contribution is 7.15. The molecule has 28 heavy (non-hydrogen) atoms. The Balaban J connectivity index is 1.78. The van der Waals surface area contributed by atoms with Crippen LogP contribution in [0.25, 0.3) is 22.3 Å². The van der Waals surface area contributed by atoms with E-state index in [1.54, 1.807) is 22.9 Å². The van der Waals surface area contributed by atoms with Crippen molar-refractivity contribution >= 4 is 23.1 Å². The fourth-order valence-corrected chi connectivity index (χ4v) is 3.62. The predicted molar refractivity (Wildman–Crippen MR) is 101 cm³/mol. The Hall–Kier alpha value is -3.71. The molecule has 0 aliphatic heterocycles. The Morgan fingerprint density at radius 3 is 2.93 bits per heavy atom. The van der Waals surface area contributed by atoms with Crippen molar-refractivity contribution < 1.29 is 5.11 Å². The smallest absolute Gasteiger partial charge is 0.326 e. The highest BCUT2D eigenvalue weighted by Gasteiger charge is 2.20. The fourth-order valence-electron chi connectivity index (χ4n) is 2.86. The van der Waals surface area contributed by atoms with Crippen LogP contribution in [-0.4, -0.2) is 35.7 Å². The molecule has 0 bridgehead atoms. The van der Waals surface area contributed by atoms with Crippen LogP contribution in [-0.2, 0) is 0 Å². The minimum absolute atomic E-state index is 0.246. The molecule has 4 aromatic heterocycles. The van der Waals surface area contributed by atoms with Crippen LogP contribution in [0.3, 0.4) is 0 Å². The number of aromatic hydroxyl groups is 1. The quantitative estimate of drug-likeness (QED) is 0.471. The lowest BCUT2D eigenvalue weighted by atomic mass is 10.3. The van der Waals surface area contributed by atoms with E-state index in [-0.39, 0.29) is 17.6 Å². The van der Waals surface area contributed by atoms with Gasteiger partial charge in [0, 0.05) is 11.3 Å². The van der Waals surface area contributed by atoms with Crippen molar-refractivity contribution in [3.05, 3.63) is 56.2 Å². The van der Waals surface area contributed by atoms with Crippen LogP contribution in [0.1, 0.15) is 23.4 Å². The average Bonchev–Trinajstić information content (AvgIpc) is 3.08. The largest absolute Gasteiger partial charge is 0.493 e. The molecule has 5 rings (SSSR count). The number of rotatable bonds is 3. The van der Waals surface area contributed by atoms with Crippen LogP contribution in [0, 0.1) is 11.3 Å². The minimum Gasteiger partial charge on any atom is -0.493 e. The van der Waals surface area contributed by atoms with E-state index in [1.807, 2.05) is 12.1 Å². The second kappa shape index (κ2) is 6.17. The van der Waals surface area contributed by atoms with Gasteiger partial charge in [-0.1, -0.05) is 0 Å². The van der Waals surface area contributed by atoms with Crippen LogP contribution < -0.4 is 16.4 Å². The van der Waals surface area contributed by atoms with Crippen molar-refractivity contribution in [2.75, 3.05) is 0 Å². The molecule has 0 saturated heterocycles. The molecule has 9 nitrogen and oxygen atoms in total. The van der Waals surface area contributed by atoms with Gasteiger partial charge >= 0.3 is 5.69 Å². The van der Waals surface area contributed by atoms with Crippen molar-refractivity contribution in [3.8, 4) is 22.5 Å². The van der Waals surface area contributed by atoms with Gasteiger partial charge in [0.15, 0.2) is 11.1 Å². The van der Waals surface area contributed by atoms with E-state index in [4.69, 9.17) is 15.2 Å². The Bertz CT molecular complexity index is 1430. The minimum atomic E-state index is -0.499. The van der Waals surface area contributed by atoms with Gasteiger partial charge in [-0.05, 0) is 31.1 Å². The van der Waals surface area contributed by atoms with E-state index in [0.717, 1.165) is 17.7 Å². The first-order valence-electron chi connectivity index (χ1n) is 8.56. The Kier molecular flexibility index (Phi) is 3.63. The van der Waals surface area contributed by atoms with Gasteiger partial charge in [-0.2, -0.15) is 14.9 Å². The summed E-state index contributed by atoms with van der Waals surface area (Å²) in [5.74, 6) is -0.250. The van der Waals surface area contributed by atoms with Gasteiger partial charge in [0.2, 0.25) is 5.88 Å². The van der Waals surface area contributed by atoms with E-state index in [2.05, 4.69) is 21.1 Å². The lowest BCUT2D eigenvalue weighted by Crippen LogP contribution is -2.19. The van der Waals surface area contributed by atoms with Crippen LogP contribution in [0.15, 0.2) is 34.2 Å². The zero-order valence-corrected chi connectivity index (χ0v) is 15.2. The zero-order chi connectivity index (χ0) is 19.3. The lowest BCUT2D eigenvalue weighted by molar-refractivity contribution is 0.454. The molecule has 0 radical (unpaired) electrons. The summed E-state index contributed by atoms with van der Waals surface area (Å²) in [4.78, 5) is 27.1. The molecule has 0 aromatic carbocycles. The molecule has 0 atom stereocenters. The first-order chi connectivity index (χ1) is 13.6. The van der Waals surface area contributed by atoms with E-state index < -0.39 is 5.69 Å². The second-order valence-corrected chi connectivity index (χ2v) is 7.54. The molecule has 4 heterocycles. The van der Waals surface area contributed by atoms with Crippen LogP contribution in [0.5, 0.6) is 5.88 Å². The molecule has 1 aliphatic carbocycles. The molecule has 0 amide bonds. The highest BCUT2D eigenvalue weighted by atomic mass is 32.1. The second-order valence-electron chi connectivity index (χ2n) is 6.46. The summed E-state index contributed by atoms with van der Waals surface area (Å²) in [6.07, 6.45) is 5.31. The number of nitrogens with one attached hydrogen (secondary N) is 2. The van der Waals surface area contributed by atoms with Gasteiger partial charge in [-0.3, -0.25) is 9.98 Å². The number of hydrogen-bond donors (Lipinski definition) is 3. The summed E-state index contributed by atoms with van der Waals surface area (Å²) < 4.78 is 1.65. The third-order valence-electron chi connectivity index (χ3n) is 4.35.